The van der Waals surface area contributed by atoms with Gasteiger partial charge in [0, 0.05) is 0 Å². The summed E-state index contributed by atoms with van der Waals surface area (Å²) in [5.41, 5.74) is 0. The zero-order chi connectivity index (χ0) is 10.3. The second-order valence-electron chi connectivity index (χ2n) is 1.99. The number of carboxylic acid groups (broad SMARTS) is 2. The monoisotopic (exact) mass is 373 g/mol. The van der Waals surface area contributed by atoms with Gasteiger partial charge < -0.3 is 30.0 Å². The Hall–Kier alpha value is -0.452. The van der Waals surface area contributed by atoms with E-state index < -0.39 is 24.1 Å². The molecular weight excluding hydrogens is 363 g/mol. The summed E-state index contributed by atoms with van der Waals surface area (Å²) in [6.07, 6.45) is -2.69. The van der Waals surface area contributed by atoms with Crippen LogP contribution in [0.1, 0.15) is 13.8 Å². The Labute approximate surface area is 89.5 Å². The first-order valence-corrected chi connectivity index (χ1v) is 3.06. The van der Waals surface area contributed by atoms with Crippen molar-refractivity contribution in [3.63, 3.8) is 0 Å². The van der Waals surface area contributed by atoms with Gasteiger partial charge in [0.1, 0.15) is 0 Å². The number of carbonyl (C=O) groups excluding carboxylic acids is 2. The topological polar surface area (TPSA) is 121 Å². The molecule has 0 spiro atoms. The van der Waals surface area contributed by atoms with Crippen LogP contribution in [0.25, 0.3) is 0 Å². The fourth-order valence-corrected chi connectivity index (χ4v) is 0. The Morgan fingerprint density at radius 1 is 1.00 bits per heavy atom. The molecule has 13 heavy (non-hydrogen) atoms. The van der Waals surface area contributed by atoms with Crippen molar-refractivity contribution in [2.45, 2.75) is 26.1 Å². The van der Waals surface area contributed by atoms with Crippen LogP contribution < -0.4 is 10.2 Å². The molecule has 0 bridgehead atoms. The van der Waals surface area contributed by atoms with E-state index in [2.05, 4.69) is 0 Å². The van der Waals surface area contributed by atoms with E-state index in [0.29, 0.717) is 0 Å². The standard InChI is InChI=1S/2C3H6O3.Pt/c2*1-2(4)3(5)6;/h2*2,4H,1H3,(H,5,6);/q;;+2/p-2. The molecule has 0 radical (unpaired) electrons. The number of rotatable bonds is 2. The van der Waals surface area contributed by atoms with Gasteiger partial charge in [-0.3, -0.25) is 0 Å². The van der Waals surface area contributed by atoms with Crippen LogP contribution in [0, 0.1) is 0 Å². The van der Waals surface area contributed by atoms with Crippen LogP contribution in [-0.2, 0) is 30.7 Å². The van der Waals surface area contributed by atoms with Gasteiger partial charge >= 0.3 is 21.1 Å². The zero-order valence-corrected chi connectivity index (χ0v) is 9.27. The van der Waals surface area contributed by atoms with Crippen LogP contribution in [0.2, 0.25) is 0 Å². The SMILES string of the molecule is CC(O)C(=O)[O-].CC(O)C(=O)[O-].[Pt+2]. The van der Waals surface area contributed by atoms with Gasteiger partial charge in [0.15, 0.2) is 0 Å². The fourth-order valence-electron chi connectivity index (χ4n) is 0. The molecule has 0 aliphatic heterocycles. The number of carbonyl (C=O) groups is 2. The fraction of sp³-hybridized carbons (Fsp3) is 0.667. The van der Waals surface area contributed by atoms with Gasteiger partial charge in [-0.25, -0.2) is 0 Å². The molecule has 0 saturated heterocycles. The minimum atomic E-state index is -1.44. The number of hydrogen-bond donors (Lipinski definition) is 2. The Morgan fingerprint density at radius 2 is 1.08 bits per heavy atom. The van der Waals surface area contributed by atoms with Crippen molar-refractivity contribution in [2.24, 2.45) is 0 Å². The Balaban J connectivity index is -0.000000143. The molecule has 0 amide bonds. The molecule has 7 heteroatoms. The third-order valence-electron chi connectivity index (χ3n) is 0.682. The summed E-state index contributed by atoms with van der Waals surface area (Å²) in [6.45, 7) is 2.27. The molecule has 0 saturated carbocycles. The van der Waals surface area contributed by atoms with E-state index in [1.54, 1.807) is 0 Å². The molecule has 0 aliphatic carbocycles. The average molecular weight is 373 g/mol. The zero-order valence-electron chi connectivity index (χ0n) is 7.00. The molecule has 0 aliphatic rings. The molecule has 0 fully saturated rings. The number of aliphatic hydroxyl groups excluding tert-OH is 2. The maximum Gasteiger partial charge on any atom is 2.00 e. The number of hydrogen-bond acceptors (Lipinski definition) is 6. The van der Waals surface area contributed by atoms with Crippen molar-refractivity contribution in [3.8, 4) is 0 Å². The molecule has 6 nitrogen and oxygen atoms in total. The van der Waals surface area contributed by atoms with Crippen LogP contribution in [0.4, 0.5) is 0 Å². The third kappa shape index (κ3) is 18.5. The van der Waals surface area contributed by atoms with Crippen molar-refractivity contribution < 1.29 is 51.1 Å². The molecule has 0 heterocycles. The van der Waals surface area contributed by atoms with Gasteiger partial charge in [0.2, 0.25) is 0 Å². The molecule has 0 aromatic carbocycles. The van der Waals surface area contributed by atoms with Crippen LogP contribution in [-0.4, -0.2) is 34.4 Å². The normalized spacial score (nSPS) is 12.6. The maximum atomic E-state index is 9.34. The van der Waals surface area contributed by atoms with E-state index >= 15 is 0 Å². The van der Waals surface area contributed by atoms with Gasteiger partial charge in [-0.2, -0.15) is 0 Å². The second kappa shape index (κ2) is 9.63. The third-order valence-corrected chi connectivity index (χ3v) is 0.682. The smallest absolute Gasteiger partial charge is 0.547 e. The first kappa shape index (κ1) is 18.4. The summed E-state index contributed by atoms with van der Waals surface area (Å²) < 4.78 is 0. The quantitative estimate of drug-likeness (QED) is 0.513. The summed E-state index contributed by atoms with van der Waals surface area (Å²) in [4.78, 5) is 18.7. The Kier molecular flexibility index (Phi) is 13.6. The number of aliphatic hydroxyl groups is 2. The van der Waals surface area contributed by atoms with Gasteiger partial charge in [0.05, 0.1) is 24.1 Å². The van der Waals surface area contributed by atoms with E-state index in [4.69, 9.17) is 10.2 Å². The largest absolute Gasteiger partial charge is 2.00 e. The minimum Gasteiger partial charge on any atom is -0.547 e. The predicted octanol–water partition coefficient (Wildman–Crippen LogP) is -3.77. The van der Waals surface area contributed by atoms with Gasteiger partial charge in [-0.15, -0.1) is 0 Å². The van der Waals surface area contributed by atoms with Crippen molar-refractivity contribution in [2.75, 3.05) is 0 Å². The first-order valence-electron chi connectivity index (χ1n) is 3.06. The summed E-state index contributed by atoms with van der Waals surface area (Å²) >= 11 is 0. The summed E-state index contributed by atoms with van der Waals surface area (Å²) in [5, 5.41) is 34.6. The van der Waals surface area contributed by atoms with Crippen LogP contribution >= 0.6 is 0 Å². The van der Waals surface area contributed by atoms with Crippen LogP contribution in [0.15, 0.2) is 0 Å². The maximum absolute atomic E-state index is 9.34. The second-order valence-corrected chi connectivity index (χ2v) is 1.99. The van der Waals surface area contributed by atoms with Crippen molar-refractivity contribution >= 4 is 11.9 Å². The van der Waals surface area contributed by atoms with E-state index in [0.717, 1.165) is 13.8 Å². The molecule has 2 unspecified atom stereocenters. The van der Waals surface area contributed by atoms with E-state index in [-0.39, 0.29) is 21.1 Å². The Bertz CT molecular complexity index is 137. The van der Waals surface area contributed by atoms with Gasteiger partial charge in [-0.1, -0.05) is 0 Å². The number of aliphatic carboxylic acids is 2. The average Bonchev–Trinajstić information content (AvgIpc) is 1.88. The first-order chi connectivity index (χ1) is 5.29. The molecular formula is C6H10O6Pt. The van der Waals surface area contributed by atoms with E-state index in [9.17, 15) is 19.8 Å². The Morgan fingerprint density at radius 3 is 1.08 bits per heavy atom. The van der Waals surface area contributed by atoms with Crippen LogP contribution in [0.5, 0.6) is 0 Å². The predicted molar refractivity (Wildman–Crippen MR) is 33.4 cm³/mol. The van der Waals surface area contributed by atoms with Gasteiger partial charge in [0.25, 0.3) is 0 Å². The molecule has 0 rings (SSSR count). The van der Waals surface area contributed by atoms with Crippen molar-refractivity contribution in [1.82, 2.24) is 0 Å². The molecule has 2 atom stereocenters. The molecule has 0 aromatic heterocycles. The summed E-state index contributed by atoms with van der Waals surface area (Å²) in [7, 11) is 0. The molecule has 2 N–H and O–H groups in total. The molecule has 0 aromatic rings. The van der Waals surface area contributed by atoms with Crippen LogP contribution in [0.3, 0.4) is 0 Å². The minimum absolute atomic E-state index is 0. The molecule has 80 valence electrons. The van der Waals surface area contributed by atoms with E-state index in [1.165, 1.54) is 0 Å². The van der Waals surface area contributed by atoms with Crippen molar-refractivity contribution in [1.29, 1.82) is 0 Å². The number of carboxylic acids is 2. The van der Waals surface area contributed by atoms with Crippen molar-refractivity contribution in [3.05, 3.63) is 0 Å². The summed E-state index contributed by atoms with van der Waals surface area (Å²) in [5.74, 6) is -2.87. The van der Waals surface area contributed by atoms with Gasteiger partial charge in [-0.05, 0) is 13.8 Å². The summed E-state index contributed by atoms with van der Waals surface area (Å²) in [6, 6.07) is 0. The van der Waals surface area contributed by atoms with E-state index in [1.807, 2.05) is 0 Å².